The lowest BCUT2D eigenvalue weighted by Crippen LogP contribution is -2.43. The van der Waals surface area contributed by atoms with Gasteiger partial charge in [-0.15, -0.1) is 0 Å². The molecular formula is C19H29ClN4O. The molecule has 0 spiro atoms. The van der Waals surface area contributed by atoms with Crippen molar-refractivity contribution < 1.29 is 4.74 Å². The van der Waals surface area contributed by atoms with Gasteiger partial charge < -0.3 is 15.0 Å². The van der Waals surface area contributed by atoms with Gasteiger partial charge in [0.05, 0.1) is 7.11 Å². The van der Waals surface area contributed by atoms with Gasteiger partial charge in [0, 0.05) is 37.7 Å². The summed E-state index contributed by atoms with van der Waals surface area (Å²) in [5, 5.41) is 4.25. The topological polar surface area (TPSA) is 40.1 Å². The summed E-state index contributed by atoms with van der Waals surface area (Å²) in [7, 11) is 3.52. The van der Waals surface area contributed by atoms with E-state index in [2.05, 4.69) is 20.1 Å². The summed E-state index contributed by atoms with van der Waals surface area (Å²) in [6.45, 7) is 5.53. The van der Waals surface area contributed by atoms with E-state index in [4.69, 9.17) is 16.3 Å². The Morgan fingerprint density at radius 1 is 1.32 bits per heavy atom. The molecule has 0 aromatic heterocycles. The molecule has 138 valence electrons. The van der Waals surface area contributed by atoms with Crippen LogP contribution in [0.2, 0.25) is 5.02 Å². The number of halogens is 1. The molecule has 5 nitrogen and oxygen atoms in total. The maximum absolute atomic E-state index is 6.32. The molecule has 2 fully saturated rings. The molecule has 3 rings (SSSR count). The third-order valence-electron chi connectivity index (χ3n) is 5.27. The third kappa shape index (κ3) is 4.59. The largest absolute Gasteiger partial charge is 0.497 e. The van der Waals surface area contributed by atoms with Crippen LogP contribution in [0.15, 0.2) is 23.2 Å². The molecule has 2 heterocycles. The van der Waals surface area contributed by atoms with Crippen LogP contribution in [-0.4, -0.2) is 68.7 Å². The fourth-order valence-corrected chi connectivity index (χ4v) is 4.10. The van der Waals surface area contributed by atoms with E-state index in [1.54, 1.807) is 7.11 Å². The Morgan fingerprint density at radius 3 is 2.80 bits per heavy atom. The van der Waals surface area contributed by atoms with Crippen LogP contribution < -0.4 is 10.1 Å². The van der Waals surface area contributed by atoms with Gasteiger partial charge in [-0.25, -0.2) is 0 Å². The fourth-order valence-electron chi connectivity index (χ4n) is 3.84. The van der Waals surface area contributed by atoms with E-state index in [-0.39, 0.29) is 0 Å². The van der Waals surface area contributed by atoms with Gasteiger partial charge in [0.1, 0.15) is 5.75 Å². The fraction of sp³-hybridized carbons (Fsp3) is 0.632. The molecule has 0 aliphatic carbocycles. The third-order valence-corrected chi connectivity index (χ3v) is 5.62. The van der Waals surface area contributed by atoms with E-state index < -0.39 is 0 Å². The highest BCUT2D eigenvalue weighted by molar-refractivity contribution is 6.31. The molecule has 0 bridgehead atoms. The molecule has 25 heavy (non-hydrogen) atoms. The molecule has 2 aliphatic heterocycles. The molecule has 1 unspecified atom stereocenters. The van der Waals surface area contributed by atoms with Crippen LogP contribution >= 0.6 is 11.6 Å². The van der Waals surface area contributed by atoms with Crippen molar-refractivity contribution in [2.75, 3.05) is 46.9 Å². The summed E-state index contributed by atoms with van der Waals surface area (Å²) in [6.07, 6.45) is 4.81. The monoisotopic (exact) mass is 364 g/mol. The molecule has 1 aromatic carbocycles. The predicted octanol–water partition coefficient (Wildman–Crippen LogP) is 2.64. The number of hydrogen-bond donors (Lipinski definition) is 1. The van der Waals surface area contributed by atoms with E-state index in [0.717, 1.165) is 48.4 Å². The van der Waals surface area contributed by atoms with Crippen molar-refractivity contribution in [2.45, 2.75) is 31.7 Å². The Labute approximate surface area is 156 Å². The van der Waals surface area contributed by atoms with Crippen LogP contribution in [0.1, 0.15) is 24.8 Å². The van der Waals surface area contributed by atoms with Crippen LogP contribution in [0, 0.1) is 0 Å². The van der Waals surface area contributed by atoms with Gasteiger partial charge in [-0.2, -0.15) is 0 Å². The SMILES string of the molecule is CN=C(NCCc1ccc(OC)cc1Cl)N1CCC(N2CCCC2)C1. The Kier molecular flexibility index (Phi) is 6.43. The summed E-state index contributed by atoms with van der Waals surface area (Å²) in [5.74, 6) is 1.80. The van der Waals surface area contributed by atoms with Crippen molar-refractivity contribution in [2.24, 2.45) is 4.99 Å². The maximum Gasteiger partial charge on any atom is 0.193 e. The zero-order valence-corrected chi connectivity index (χ0v) is 16.1. The van der Waals surface area contributed by atoms with E-state index >= 15 is 0 Å². The number of methoxy groups -OCH3 is 1. The lowest BCUT2D eigenvalue weighted by molar-refractivity contribution is 0.249. The first-order valence-corrected chi connectivity index (χ1v) is 9.61. The zero-order valence-electron chi connectivity index (χ0n) is 15.3. The maximum atomic E-state index is 6.32. The summed E-state index contributed by atoms with van der Waals surface area (Å²) in [6, 6.07) is 6.55. The van der Waals surface area contributed by atoms with Crippen molar-refractivity contribution in [3.8, 4) is 5.75 Å². The summed E-state index contributed by atoms with van der Waals surface area (Å²) in [4.78, 5) is 9.50. The van der Waals surface area contributed by atoms with Crippen LogP contribution in [0.3, 0.4) is 0 Å². The molecule has 2 saturated heterocycles. The second kappa shape index (κ2) is 8.77. The number of aliphatic imine (C=N–C) groups is 1. The first-order valence-electron chi connectivity index (χ1n) is 9.23. The van der Waals surface area contributed by atoms with Gasteiger partial charge in [-0.1, -0.05) is 17.7 Å². The molecule has 0 radical (unpaired) electrons. The lowest BCUT2D eigenvalue weighted by atomic mass is 10.1. The minimum absolute atomic E-state index is 0.692. The van der Waals surface area contributed by atoms with Gasteiger partial charge in [0.15, 0.2) is 5.96 Å². The van der Waals surface area contributed by atoms with Crippen LogP contribution in [0.4, 0.5) is 0 Å². The number of rotatable bonds is 5. The van der Waals surface area contributed by atoms with Crippen molar-refractivity contribution in [1.29, 1.82) is 0 Å². The molecule has 1 atom stereocenters. The van der Waals surface area contributed by atoms with Gasteiger partial charge in [0.2, 0.25) is 0 Å². The number of nitrogens with one attached hydrogen (secondary N) is 1. The first kappa shape index (κ1) is 18.3. The standard InChI is InChI=1S/C19H29ClN4O/c1-21-19(24-12-8-16(14-24)23-10-3-4-11-23)22-9-7-15-5-6-17(25-2)13-18(15)20/h5-6,13,16H,3-4,7-12,14H2,1-2H3,(H,21,22). The average Bonchev–Trinajstić information content (AvgIpc) is 3.31. The normalized spacial score (nSPS) is 21.8. The Bertz CT molecular complexity index is 601. The number of guanidine groups is 1. The summed E-state index contributed by atoms with van der Waals surface area (Å²) >= 11 is 6.32. The first-order chi connectivity index (χ1) is 12.2. The molecule has 0 saturated carbocycles. The number of nitrogens with zero attached hydrogens (tertiary/aromatic N) is 3. The van der Waals surface area contributed by atoms with E-state index in [9.17, 15) is 0 Å². The quantitative estimate of drug-likeness (QED) is 0.644. The predicted molar refractivity (Wildman–Crippen MR) is 104 cm³/mol. The van der Waals surface area contributed by atoms with Gasteiger partial charge in [-0.05, 0) is 56.5 Å². The zero-order chi connectivity index (χ0) is 17.6. The highest BCUT2D eigenvalue weighted by Gasteiger charge is 2.30. The number of likely N-dealkylation sites (tertiary alicyclic amines) is 2. The van der Waals surface area contributed by atoms with Crippen LogP contribution in [0.25, 0.3) is 0 Å². The van der Waals surface area contributed by atoms with E-state index in [1.165, 1.54) is 32.4 Å². The number of ether oxygens (including phenoxy) is 1. The molecule has 6 heteroatoms. The Hall–Kier alpha value is -1.46. The molecule has 1 N–H and O–H groups in total. The van der Waals surface area contributed by atoms with Crippen molar-refractivity contribution >= 4 is 17.6 Å². The number of benzene rings is 1. The van der Waals surface area contributed by atoms with Crippen molar-refractivity contribution in [1.82, 2.24) is 15.1 Å². The smallest absolute Gasteiger partial charge is 0.193 e. The molecule has 1 aromatic rings. The highest BCUT2D eigenvalue weighted by Crippen LogP contribution is 2.23. The minimum atomic E-state index is 0.692. The molecular weight excluding hydrogens is 336 g/mol. The van der Waals surface area contributed by atoms with Crippen LogP contribution in [-0.2, 0) is 6.42 Å². The van der Waals surface area contributed by atoms with Gasteiger partial charge in [-0.3, -0.25) is 9.89 Å². The van der Waals surface area contributed by atoms with Gasteiger partial charge in [0.25, 0.3) is 0 Å². The van der Waals surface area contributed by atoms with Crippen molar-refractivity contribution in [3.63, 3.8) is 0 Å². The average molecular weight is 365 g/mol. The molecule has 0 amide bonds. The van der Waals surface area contributed by atoms with Gasteiger partial charge >= 0.3 is 0 Å². The Morgan fingerprint density at radius 2 is 2.12 bits per heavy atom. The lowest BCUT2D eigenvalue weighted by Gasteiger charge is -2.25. The second-order valence-corrected chi connectivity index (χ2v) is 7.22. The second-order valence-electron chi connectivity index (χ2n) is 6.81. The number of hydrogen-bond acceptors (Lipinski definition) is 3. The van der Waals surface area contributed by atoms with Crippen molar-refractivity contribution in [3.05, 3.63) is 28.8 Å². The minimum Gasteiger partial charge on any atom is -0.497 e. The van der Waals surface area contributed by atoms with E-state index in [1.807, 2.05) is 25.2 Å². The summed E-state index contributed by atoms with van der Waals surface area (Å²) in [5.41, 5.74) is 1.13. The molecule has 2 aliphatic rings. The Balaban J connectivity index is 1.48. The van der Waals surface area contributed by atoms with Crippen LogP contribution in [0.5, 0.6) is 5.75 Å². The summed E-state index contributed by atoms with van der Waals surface area (Å²) < 4.78 is 5.20. The van der Waals surface area contributed by atoms with E-state index in [0.29, 0.717) is 6.04 Å². The highest BCUT2D eigenvalue weighted by atomic mass is 35.5.